The van der Waals surface area contributed by atoms with Crippen molar-refractivity contribution in [1.29, 1.82) is 0 Å². The van der Waals surface area contributed by atoms with Crippen LogP contribution in [0.5, 0.6) is 5.75 Å². The Morgan fingerprint density at radius 1 is 1.25 bits per heavy atom. The molecule has 0 atom stereocenters. The summed E-state index contributed by atoms with van der Waals surface area (Å²) in [6.45, 7) is 2.12. The predicted octanol–water partition coefficient (Wildman–Crippen LogP) is 3.27. The van der Waals surface area contributed by atoms with Gasteiger partial charge in [-0.25, -0.2) is 0 Å². The minimum Gasteiger partial charge on any atom is -0.497 e. The molecule has 5 heteroatoms. The van der Waals surface area contributed by atoms with Gasteiger partial charge in [-0.15, -0.1) is 0 Å². The van der Waals surface area contributed by atoms with Gasteiger partial charge in [-0.2, -0.15) is 0 Å². The molecule has 1 N–H and O–H groups in total. The summed E-state index contributed by atoms with van der Waals surface area (Å²) in [5, 5.41) is 3.18. The molecular formula is C15H21BrN2O2. The van der Waals surface area contributed by atoms with Crippen molar-refractivity contribution in [3.63, 3.8) is 0 Å². The van der Waals surface area contributed by atoms with Crippen LogP contribution in [0.15, 0.2) is 22.7 Å². The first kappa shape index (κ1) is 15.2. The molecule has 1 amide bonds. The predicted molar refractivity (Wildman–Crippen MR) is 84.2 cm³/mol. The van der Waals surface area contributed by atoms with Gasteiger partial charge in [0.15, 0.2) is 0 Å². The van der Waals surface area contributed by atoms with E-state index in [1.165, 1.54) is 12.8 Å². The zero-order chi connectivity index (χ0) is 14.4. The van der Waals surface area contributed by atoms with Crippen LogP contribution in [0.4, 0.5) is 5.69 Å². The largest absolute Gasteiger partial charge is 0.497 e. The van der Waals surface area contributed by atoms with Crippen LogP contribution in [0.3, 0.4) is 0 Å². The number of benzene rings is 1. The molecule has 20 heavy (non-hydrogen) atoms. The molecule has 0 aromatic heterocycles. The van der Waals surface area contributed by atoms with Crippen LogP contribution in [0.1, 0.15) is 25.7 Å². The molecule has 0 unspecified atom stereocenters. The van der Waals surface area contributed by atoms with Crippen molar-refractivity contribution in [2.24, 2.45) is 0 Å². The molecule has 2 rings (SSSR count). The van der Waals surface area contributed by atoms with Crippen LogP contribution >= 0.6 is 15.9 Å². The number of hydrogen-bond donors (Lipinski definition) is 1. The van der Waals surface area contributed by atoms with Gasteiger partial charge in [-0.3, -0.25) is 4.79 Å². The highest BCUT2D eigenvalue weighted by Crippen LogP contribution is 2.24. The summed E-state index contributed by atoms with van der Waals surface area (Å²) in [6, 6.07) is 5.72. The standard InChI is InChI=1S/C15H21BrN2O2/c1-20-14-9-12(16)8-13(10-14)17-11-15(19)18-6-4-2-3-5-7-18/h8-10,17H,2-7,11H2,1H3. The highest BCUT2D eigenvalue weighted by Gasteiger charge is 2.15. The first-order chi connectivity index (χ1) is 9.69. The second-order valence-electron chi connectivity index (χ2n) is 5.03. The van der Waals surface area contributed by atoms with Crippen molar-refractivity contribution >= 4 is 27.5 Å². The van der Waals surface area contributed by atoms with Crippen molar-refractivity contribution in [2.45, 2.75) is 25.7 Å². The van der Waals surface area contributed by atoms with Gasteiger partial charge >= 0.3 is 0 Å². The van der Waals surface area contributed by atoms with E-state index in [0.29, 0.717) is 6.54 Å². The molecule has 1 aliphatic rings. The number of amides is 1. The number of nitrogens with zero attached hydrogens (tertiary/aromatic N) is 1. The Balaban J connectivity index is 1.90. The molecule has 0 aliphatic carbocycles. The molecule has 0 saturated carbocycles. The summed E-state index contributed by atoms with van der Waals surface area (Å²) in [5.74, 6) is 0.940. The second kappa shape index (κ2) is 7.53. The number of halogens is 1. The van der Waals surface area contributed by atoms with E-state index in [2.05, 4.69) is 21.2 Å². The smallest absolute Gasteiger partial charge is 0.241 e. The van der Waals surface area contributed by atoms with Gasteiger partial charge in [-0.05, 0) is 25.0 Å². The van der Waals surface area contributed by atoms with Crippen molar-refractivity contribution in [2.75, 3.05) is 32.1 Å². The van der Waals surface area contributed by atoms with E-state index in [1.54, 1.807) is 7.11 Å². The molecule has 1 aliphatic heterocycles. The molecule has 0 radical (unpaired) electrons. The number of carbonyl (C=O) groups excluding carboxylic acids is 1. The maximum atomic E-state index is 12.2. The number of anilines is 1. The zero-order valence-electron chi connectivity index (χ0n) is 11.8. The minimum atomic E-state index is 0.172. The van der Waals surface area contributed by atoms with Gasteiger partial charge in [0, 0.05) is 29.3 Å². The lowest BCUT2D eigenvalue weighted by Crippen LogP contribution is -2.36. The fraction of sp³-hybridized carbons (Fsp3) is 0.533. The summed E-state index contributed by atoms with van der Waals surface area (Å²) in [6.07, 6.45) is 4.72. The molecule has 4 nitrogen and oxygen atoms in total. The lowest BCUT2D eigenvalue weighted by atomic mass is 10.2. The number of hydrogen-bond acceptors (Lipinski definition) is 3. The van der Waals surface area contributed by atoms with Crippen LogP contribution in [-0.2, 0) is 4.79 Å². The molecule has 1 aromatic rings. The van der Waals surface area contributed by atoms with E-state index in [-0.39, 0.29) is 5.91 Å². The summed E-state index contributed by atoms with van der Waals surface area (Å²) >= 11 is 3.43. The van der Waals surface area contributed by atoms with Crippen LogP contribution in [0.2, 0.25) is 0 Å². The Labute approximate surface area is 128 Å². The normalized spacial score (nSPS) is 15.6. The van der Waals surface area contributed by atoms with Crippen molar-refractivity contribution < 1.29 is 9.53 Å². The van der Waals surface area contributed by atoms with E-state index in [4.69, 9.17) is 4.74 Å². The average Bonchev–Trinajstić information content (AvgIpc) is 2.73. The van der Waals surface area contributed by atoms with Gasteiger partial charge in [0.25, 0.3) is 0 Å². The highest BCUT2D eigenvalue weighted by atomic mass is 79.9. The van der Waals surface area contributed by atoms with E-state index in [1.807, 2.05) is 23.1 Å². The third kappa shape index (κ3) is 4.40. The molecule has 110 valence electrons. The Morgan fingerprint density at radius 2 is 1.95 bits per heavy atom. The number of ether oxygens (including phenoxy) is 1. The summed E-state index contributed by atoms with van der Waals surface area (Å²) in [5.41, 5.74) is 0.888. The Hall–Kier alpha value is -1.23. The van der Waals surface area contributed by atoms with Crippen LogP contribution in [0.25, 0.3) is 0 Å². The van der Waals surface area contributed by atoms with Crippen LogP contribution in [0, 0.1) is 0 Å². The molecule has 1 aromatic carbocycles. The summed E-state index contributed by atoms with van der Waals surface area (Å²) in [7, 11) is 1.63. The Kier molecular flexibility index (Phi) is 5.71. The van der Waals surface area contributed by atoms with Gasteiger partial charge in [-0.1, -0.05) is 28.8 Å². The van der Waals surface area contributed by atoms with E-state index < -0.39 is 0 Å². The minimum absolute atomic E-state index is 0.172. The van der Waals surface area contributed by atoms with Gasteiger partial charge < -0.3 is 15.0 Å². The number of rotatable bonds is 4. The maximum Gasteiger partial charge on any atom is 0.241 e. The van der Waals surface area contributed by atoms with Crippen LogP contribution in [-0.4, -0.2) is 37.6 Å². The second-order valence-corrected chi connectivity index (χ2v) is 5.94. The molecule has 1 saturated heterocycles. The topological polar surface area (TPSA) is 41.6 Å². The zero-order valence-corrected chi connectivity index (χ0v) is 13.4. The Morgan fingerprint density at radius 3 is 2.60 bits per heavy atom. The van der Waals surface area contributed by atoms with E-state index in [9.17, 15) is 4.79 Å². The van der Waals surface area contributed by atoms with E-state index >= 15 is 0 Å². The maximum absolute atomic E-state index is 12.2. The fourth-order valence-corrected chi connectivity index (χ4v) is 2.86. The quantitative estimate of drug-likeness (QED) is 0.914. The lowest BCUT2D eigenvalue weighted by molar-refractivity contribution is -0.129. The molecule has 0 bridgehead atoms. The highest BCUT2D eigenvalue weighted by molar-refractivity contribution is 9.10. The summed E-state index contributed by atoms with van der Waals surface area (Å²) in [4.78, 5) is 14.2. The Bertz CT molecular complexity index is 457. The van der Waals surface area contributed by atoms with Crippen molar-refractivity contribution in [3.05, 3.63) is 22.7 Å². The molecule has 0 spiro atoms. The van der Waals surface area contributed by atoms with Gasteiger partial charge in [0.2, 0.25) is 5.91 Å². The first-order valence-electron chi connectivity index (χ1n) is 7.05. The number of methoxy groups -OCH3 is 1. The third-order valence-electron chi connectivity index (χ3n) is 3.51. The van der Waals surface area contributed by atoms with Crippen molar-refractivity contribution in [3.8, 4) is 5.75 Å². The average molecular weight is 341 g/mol. The molecule has 1 heterocycles. The number of likely N-dealkylation sites (tertiary alicyclic amines) is 1. The molecular weight excluding hydrogens is 320 g/mol. The van der Waals surface area contributed by atoms with Crippen LogP contribution < -0.4 is 10.1 Å². The third-order valence-corrected chi connectivity index (χ3v) is 3.97. The van der Waals surface area contributed by atoms with Gasteiger partial charge in [0.05, 0.1) is 13.7 Å². The number of nitrogens with one attached hydrogen (secondary N) is 1. The lowest BCUT2D eigenvalue weighted by Gasteiger charge is -2.20. The summed E-state index contributed by atoms with van der Waals surface area (Å²) < 4.78 is 6.14. The van der Waals surface area contributed by atoms with E-state index in [0.717, 1.165) is 41.8 Å². The van der Waals surface area contributed by atoms with Gasteiger partial charge in [0.1, 0.15) is 5.75 Å². The fourth-order valence-electron chi connectivity index (χ4n) is 2.39. The first-order valence-corrected chi connectivity index (χ1v) is 7.84. The SMILES string of the molecule is COc1cc(Br)cc(NCC(=O)N2CCCCCC2)c1. The van der Waals surface area contributed by atoms with Crippen molar-refractivity contribution in [1.82, 2.24) is 4.90 Å². The molecule has 1 fully saturated rings. The monoisotopic (exact) mass is 340 g/mol. The number of carbonyl (C=O) groups is 1.